The van der Waals surface area contributed by atoms with E-state index in [0.717, 1.165) is 23.9 Å². The molecule has 0 aromatic rings. The van der Waals surface area contributed by atoms with E-state index in [2.05, 4.69) is 19.2 Å². The molecule has 17 heavy (non-hydrogen) atoms. The van der Waals surface area contributed by atoms with E-state index < -0.39 is 0 Å². The lowest BCUT2D eigenvalue weighted by atomic mass is 9.84. The minimum atomic E-state index is 0.844. The van der Waals surface area contributed by atoms with Crippen molar-refractivity contribution < 1.29 is 0 Å². The Hall–Kier alpha value is -0.0400. The third-order valence-electron chi connectivity index (χ3n) is 5.16. The van der Waals surface area contributed by atoms with Crippen LogP contribution in [-0.2, 0) is 0 Å². The van der Waals surface area contributed by atoms with Gasteiger partial charge in [-0.05, 0) is 43.9 Å². The topological polar surface area (TPSA) is 12.0 Å². The van der Waals surface area contributed by atoms with Crippen molar-refractivity contribution in [3.05, 3.63) is 0 Å². The second-order valence-electron chi connectivity index (χ2n) is 6.39. The van der Waals surface area contributed by atoms with Gasteiger partial charge in [-0.1, -0.05) is 46.0 Å². The van der Waals surface area contributed by atoms with E-state index in [1.54, 1.807) is 0 Å². The zero-order valence-corrected chi connectivity index (χ0v) is 11.9. The van der Waals surface area contributed by atoms with E-state index >= 15 is 0 Å². The van der Waals surface area contributed by atoms with Crippen LogP contribution in [0.15, 0.2) is 0 Å². The molecular formula is C16H31N. The Balaban J connectivity index is 1.74. The zero-order chi connectivity index (χ0) is 12.1. The van der Waals surface area contributed by atoms with Gasteiger partial charge in [0.2, 0.25) is 0 Å². The monoisotopic (exact) mass is 237 g/mol. The number of piperidine rings is 1. The standard InChI is InChI=1S/C16H31N/c1-3-5-7-13(4-2)12-15-11-10-14-8-6-9-16(14)17-15/h13-17H,3-12H2,1-2H3. The van der Waals surface area contributed by atoms with E-state index in [9.17, 15) is 0 Å². The minimum absolute atomic E-state index is 0.844. The molecule has 1 N–H and O–H groups in total. The van der Waals surface area contributed by atoms with Gasteiger partial charge >= 0.3 is 0 Å². The SMILES string of the molecule is CCCCC(CC)CC1CCC2CCCC2N1. The van der Waals surface area contributed by atoms with E-state index in [1.165, 1.54) is 64.2 Å². The van der Waals surface area contributed by atoms with Crippen LogP contribution in [0.5, 0.6) is 0 Å². The van der Waals surface area contributed by atoms with Crippen LogP contribution < -0.4 is 5.32 Å². The van der Waals surface area contributed by atoms with Crippen LogP contribution in [0.1, 0.15) is 78.1 Å². The van der Waals surface area contributed by atoms with Crippen LogP contribution in [-0.4, -0.2) is 12.1 Å². The molecule has 0 aromatic heterocycles. The van der Waals surface area contributed by atoms with Crippen LogP contribution in [0.25, 0.3) is 0 Å². The van der Waals surface area contributed by atoms with E-state index in [1.807, 2.05) is 0 Å². The fourth-order valence-electron chi connectivity index (χ4n) is 3.97. The molecule has 2 rings (SSSR count). The highest BCUT2D eigenvalue weighted by molar-refractivity contribution is 4.91. The first-order valence-electron chi connectivity index (χ1n) is 8.09. The van der Waals surface area contributed by atoms with Crippen molar-refractivity contribution in [2.75, 3.05) is 0 Å². The number of unbranched alkanes of at least 4 members (excludes halogenated alkanes) is 1. The molecule has 2 fully saturated rings. The summed E-state index contributed by atoms with van der Waals surface area (Å²) >= 11 is 0. The highest BCUT2D eigenvalue weighted by Gasteiger charge is 2.33. The number of rotatable bonds is 6. The Morgan fingerprint density at radius 3 is 2.76 bits per heavy atom. The summed E-state index contributed by atoms with van der Waals surface area (Å²) in [7, 11) is 0. The van der Waals surface area contributed by atoms with E-state index in [0.29, 0.717) is 0 Å². The van der Waals surface area contributed by atoms with Gasteiger partial charge in [-0.25, -0.2) is 0 Å². The third-order valence-corrected chi connectivity index (χ3v) is 5.16. The van der Waals surface area contributed by atoms with Crippen molar-refractivity contribution in [2.45, 2.75) is 90.1 Å². The summed E-state index contributed by atoms with van der Waals surface area (Å²) in [6.45, 7) is 4.69. The van der Waals surface area contributed by atoms with Crippen molar-refractivity contribution in [3.63, 3.8) is 0 Å². The second kappa shape index (κ2) is 6.78. The zero-order valence-electron chi connectivity index (χ0n) is 11.9. The van der Waals surface area contributed by atoms with Crippen LogP contribution in [0.2, 0.25) is 0 Å². The molecule has 100 valence electrons. The van der Waals surface area contributed by atoms with E-state index in [4.69, 9.17) is 0 Å². The third kappa shape index (κ3) is 3.71. The van der Waals surface area contributed by atoms with Gasteiger partial charge in [-0.15, -0.1) is 0 Å². The summed E-state index contributed by atoms with van der Waals surface area (Å²) in [6, 6.07) is 1.73. The van der Waals surface area contributed by atoms with Gasteiger partial charge in [0.05, 0.1) is 0 Å². The Morgan fingerprint density at radius 2 is 2.00 bits per heavy atom. The molecule has 4 atom stereocenters. The van der Waals surface area contributed by atoms with Crippen LogP contribution in [0, 0.1) is 11.8 Å². The highest BCUT2D eigenvalue weighted by Crippen LogP contribution is 2.35. The Kier molecular flexibility index (Phi) is 5.34. The van der Waals surface area contributed by atoms with Gasteiger partial charge in [0.25, 0.3) is 0 Å². The average Bonchev–Trinajstić information content (AvgIpc) is 2.81. The quantitative estimate of drug-likeness (QED) is 0.716. The molecule has 0 radical (unpaired) electrons. The van der Waals surface area contributed by atoms with E-state index in [-0.39, 0.29) is 0 Å². The summed E-state index contributed by atoms with van der Waals surface area (Å²) in [5, 5.41) is 3.96. The van der Waals surface area contributed by atoms with Crippen LogP contribution in [0.3, 0.4) is 0 Å². The largest absolute Gasteiger partial charge is 0.311 e. The summed E-state index contributed by atoms with van der Waals surface area (Å²) in [5.74, 6) is 2.01. The highest BCUT2D eigenvalue weighted by atomic mass is 15.0. The summed E-state index contributed by atoms with van der Waals surface area (Å²) in [6.07, 6.45) is 14.4. The molecule has 1 heterocycles. The summed E-state index contributed by atoms with van der Waals surface area (Å²) in [4.78, 5) is 0. The molecule has 2 aliphatic rings. The summed E-state index contributed by atoms with van der Waals surface area (Å²) < 4.78 is 0. The van der Waals surface area contributed by atoms with Gasteiger partial charge in [0.1, 0.15) is 0 Å². The first-order chi connectivity index (χ1) is 8.33. The molecule has 1 nitrogen and oxygen atoms in total. The maximum absolute atomic E-state index is 3.96. The van der Waals surface area contributed by atoms with Gasteiger partial charge in [-0.3, -0.25) is 0 Å². The Bertz CT molecular complexity index is 214. The van der Waals surface area contributed by atoms with Crippen molar-refractivity contribution in [3.8, 4) is 0 Å². The fourth-order valence-corrected chi connectivity index (χ4v) is 3.97. The predicted octanol–water partition coefficient (Wildman–Crippen LogP) is 4.51. The molecular weight excluding hydrogens is 206 g/mol. The minimum Gasteiger partial charge on any atom is -0.311 e. The summed E-state index contributed by atoms with van der Waals surface area (Å²) in [5.41, 5.74) is 0. The number of nitrogens with one attached hydrogen (secondary N) is 1. The van der Waals surface area contributed by atoms with Gasteiger partial charge in [0, 0.05) is 12.1 Å². The van der Waals surface area contributed by atoms with Crippen molar-refractivity contribution >= 4 is 0 Å². The average molecular weight is 237 g/mol. The molecule has 1 saturated heterocycles. The Morgan fingerprint density at radius 1 is 1.12 bits per heavy atom. The molecule has 0 bridgehead atoms. The van der Waals surface area contributed by atoms with Gasteiger partial charge in [0.15, 0.2) is 0 Å². The van der Waals surface area contributed by atoms with Crippen molar-refractivity contribution in [1.82, 2.24) is 5.32 Å². The number of hydrogen-bond acceptors (Lipinski definition) is 1. The van der Waals surface area contributed by atoms with Gasteiger partial charge in [-0.2, -0.15) is 0 Å². The van der Waals surface area contributed by atoms with Crippen LogP contribution in [0.4, 0.5) is 0 Å². The lowest BCUT2D eigenvalue weighted by Crippen LogP contribution is -2.45. The normalized spacial score (nSPS) is 34.6. The molecule has 1 saturated carbocycles. The molecule has 1 aliphatic carbocycles. The first kappa shape index (κ1) is 13.4. The molecule has 0 aromatic carbocycles. The molecule has 0 amide bonds. The maximum atomic E-state index is 3.96. The number of fused-ring (bicyclic) bond motifs is 1. The molecule has 1 aliphatic heterocycles. The molecule has 0 spiro atoms. The van der Waals surface area contributed by atoms with Crippen LogP contribution >= 0.6 is 0 Å². The predicted molar refractivity (Wildman–Crippen MR) is 75.2 cm³/mol. The maximum Gasteiger partial charge on any atom is 0.00979 e. The Labute approximate surface area is 108 Å². The first-order valence-corrected chi connectivity index (χ1v) is 8.09. The number of hydrogen-bond donors (Lipinski definition) is 1. The van der Waals surface area contributed by atoms with Crippen molar-refractivity contribution in [1.29, 1.82) is 0 Å². The second-order valence-corrected chi connectivity index (χ2v) is 6.39. The molecule has 1 heteroatoms. The lowest BCUT2D eigenvalue weighted by Gasteiger charge is -2.35. The lowest BCUT2D eigenvalue weighted by molar-refractivity contribution is 0.224. The smallest absolute Gasteiger partial charge is 0.00979 e. The van der Waals surface area contributed by atoms with Gasteiger partial charge < -0.3 is 5.32 Å². The van der Waals surface area contributed by atoms with Crippen molar-refractivity contribution in [2.24, 2.45) is 11.8 Å². The molecule has 4 unspecified atom stereocenters. The fraction of sp³-hybridized carbons (Fsp3) is 1.00.